The summed E-state index contributed by atoms with van der Waals surface area (Å²) in [6.45, 7) is 4.22. The monoisotopic (exact) mass is 326 g/mol. The molecule has 1 aliphatic carbocycles. The minimum absolute atomic E-state index is 0.195. The second kappa shape index (κ2) is 5.20. The lowest BCUT2D eigenvalue weighted by molar-refractivity contribution is 0.509. The van der Waals surface area contributed by atoms with E-state index in [2.05, 4.69) is 11.9 Å². The molecule has 2 aromatic heterocycles. The third-order valence-electron chi connectivity index (χ3n) is 4.64. The first-order chi connectivity index (χ1) is 11.0. The van der Waals surface area contributed by atoms with E-state index in [0.29, 0.717) is 17.0 Å². The molecule has 0 saturated carbocycles. The molecular formula is C18H18N2O2S. The lowest BCUT2D eigenvalue weighted by Crippen LogP contribution is -2.33. The molecule has 0 amide bonds. The molecule has 23 heavy (non-hydrogen) atoms. The molecule has 1 aromatic carbocycles. The Morgan fingerprint density at radius 3 is 2.70 bits per heavy atom. The van der Waals surface area contributed by atoms with Crippen LogP contribution in [0.4, 0.5) is 0 Å². The third kappa shape index (κ3) is 2.27. The van der Waals surface area contributed by atoms with E-state index >= 15 is 0 Å². The van der Waals surface area contributed by atoms with Gasteiger partial charge in [-0.3, -0.25) is 9.78 Å². The molecule has 1 aliphatic rings. The predicted molar refractivity (Wildman–Crippen MR) is 94.0 cm³/mol. The molecule has 1 N–H and O–H groups in total. The Balaban J connectivity index is 2.02. The first-order valence-electron chi connectivity index (χ1n) is 7.91. The van der Waals surface area contributed by atoms with Crippen molar-refractivity contribution >= 4 is 21.6 Å². The van der Waals surface area contributed by atoms with Gasteiger partial charge in [-0.15, -0.1) is 11.3 Å². The van der Waals surface area contributed by atoms with Crippen LogP contribution in [0, 0.1) is 12.8 Å². The number of aromatic amines is 1. The van der Waals surface area contributed by atoms with Crippen molar-refractivity contribution in [3.05, 3.63) is 61.1 Å². The van der Waals surface area contributed by atoms with Crippen LogP contribution in [0.5, 0.6) is 0 Å². The molecule has 0 bridgehead atoms. The second-order valence-corrected chi connectivity index (χ2v) is 7.57. The lowest BCUT2D eigenvalue weighted by atomic mass is 9.89. The van der Waals surface area contributed by atoms with E-state index in [1.807, 2.05) is 31.2 Å². The quantitative estimate of drug-likeness (QED) is 0.747. The van der Waals surface area contributed by atoms with Crippen LogP contribution in [0.25, 0.3) is 15.9 Å². The van der Waals surface area contributed by atoms with Crippen LogP contribution in [-0.2, 0) is 12.8 Å². The molecular weight excluding hydrogens is 308 g/mol. The molecule has 4 nitrogen and oxygen atoms in total. The van der Waals surface area contributed by atoms with Crippen molar-refractivity contribution in [2.75, 3.05) is 0 Å². The average Bonchev–Trinajstić information content (AvgIpc) is 2.86. The Morgan fingerprint density at radius 1 is 1.22 bits per heavy atom. The number of nitrogens with one attached hydrogen (secondary N) is 1. The Labute approximate surface area is 137 Å². The van der Waals surface area contributed by atoms with Crippen molar-refractivity contribution in [3.63, 3.8) is 0 Å². The number of benzene rings is 1. The first kappa shape index (κ1) is 14.5. The van der Waals surface area contributed by atoms with Crippen molar-refractivity contribution in [2.45, 2.75) is 33.1 Å². The average molecular weight is 326 g/mol. The Hall–Kier alpha value is -2.14. The standard InChI is InChI=1S/C18H18N2O2S/c1-10-3-6-12(7-4-10)20-17(21)15-13-8-5-11(2)9-14(13)23-16(15)19-18(20)22/h3-4,6-7,11H,5,8-9H2,1-2H3,(H,19,22)/t11-/m0/s1. The highest BCUT2D eigenvalue weighted by molar-refractivity contribution is 7.18. The number of nitrogens with zero attached hydrogens (tertiary/aromatic N) is 1. The van der Waals surface area contributed by atoms with Crippen molar-refractivity contribution < 1.29 is 0 Å². The topological polar surface area (TPSA) is 54.9 Å². The summed E-state index contributed by atoms with van der Waals surface area (Å²) >= 11 is 1.57. The van der Waals surface area contributed by atoms with Crippen LogP contribution < -0.4 is 11.2 Å². The Kier molecular flexibility index (Phi) is 3.27. The highest BCUT2D eigenvalue weighted by Crippen LogP contribution is 2.35. The van der Waals surface area contributed by atoms with Gasteiger partial charge in [0.25, 0.3) is 5.56 Å². The molecule has 0 aliphatic heterocycles. The van der Waals surface area contributed by atoms with E-state index in [1.54, 1.807) is 11.3 Å². The third-order valence-corrected chi connectivity index (χ3v) is 5.81. The van der Waals surface area contributed by atoms with Crippen molar-refractivity contribution in [1.82, 2.24) is 9.55 Å². The van der Waals surface area contributed by atoms with E-state index in [1.165, 1.54) is 9.44 Å². The first-order valence-corrected chi connectivity index (χ1v) is 8.73. The number of aromatic nitrogens is 2. The molecule has 0 saturated heterocycles. The minimum Gasteiger partial charge on any atom is -0.298 e. The zero-order chi connectivity index (χ0) is 16.1. The van der Waals surface area contributed by atoms with Gasteiger partial charge in [0.1, 0.15) is 4.83 Å². The summed E-state index contributed by atoms with van der Waals surface area (Å²) in [6.07, 6.45) is 3.02. The van der Waals surface area contributed by atoms with Crippen LogP contribution in [0.2, 0.25) is 0 Å². The van der Waals surface area contributed by atoms with E-state index in [-0.39, 0.29) is 11.2 Å². The summed E-state index contributed by atoms with van der Waals surface area (Å²) in [5.74, 6) is 0.640. The van der Waals surface area contributed by atoms with Crippen molar-refractivity contribution in [2.24, 2.45) is 5.92 Å². The molecule has 1 atom stereocenters. The van der Waals surface area contributed by atoms with Gasteiger partial charge in [-0.2, -0.15) is 0 Å². The highest BCUT2D eigenvalue weighted by atomic mass is 32.1. The molecule has 0 radical (unpaired) electrons. The van der Waals surface area contributed by atoms with E-state index in [0.717, 1.165) is 35.2 Å². The van der Waals surface area contributed by atoms with Crippen LogP contribution in [0.15, 0.2) is 33.9 Å². The maximum absolute atomic E-state index is 13.0. The van der Waals surface area contributed by atoms with Crippen LogP contribution in [0.1, 0.15) is 29.3 Å². The number of thiophene rings is 1. The molecule has 5 heteroatoms. The van der Waals surface area contributed by atoms with Gasteiger partial charge in [0.15, 0.2) is 0 Å². The summed E-state index contributed by atoms with van der Waals surface area (Å²) in [5, 5.41) is 0.706. The Bertz CT molecular complexity index is 1010. The number of hydrogen-bond donors (Lipinski definition) is 1. The zero-order valence-corrected chi connectivity index (χ0v) is 14.0. The van der Waals surface area contributed by atoms with Gasteiger partial charge >= 0.3 is 5.69 Å². The predicted octanol–water partition coefficient (Wildman–Crippen LogP) is 3.17. The smallest absolute Gasteiger partial charge is 0.298 e. The fourth-order valence-electron chi connectivity index (χ4n) is 3.35. The number of H-pyrrole nitrogens is 1. The van der Waals surface area contributed by atoms with Crippen molar-refractivity contribution in [3.8, 4) is 5.69 Å². The van der Waals surface area contributed by atoms with E-state index < -0.39 is 0 Å². The zero-order valence-electron chi connectivity index (χ0n) is 13.2. The summed E-state index contributed by atoms with van der Waals surface area (Å²) < 4.78 is 1.26. The summed E-state index contributed by atoms with van der Waals surface area (Å²) in [7, 11) is 0. The maximum atomic E-state index is 13.0. The molecule has 118 valence electrons. The van der Waals surface area contributed by atoms with Gasteiger partial charge in [-0.05, 0) is 49.8 Å². The molecule has 2 heterocycles. The van der Waals surface area contributed by atoms with Gasteiger partial charge in [-0.1, -0.05) is 24.6 Å². The maximum Gasteiger partial charge on any atom is 0.334 e. The minimum atomic E-state index is -0.363. The SMILES string of the molecule is Cc1ccc(-n2c(=O)[nH]c3sc4c(c3c2=O)CC[C@H](C)C4)cc1. The molecule has 3 aromatic rings. The van der Waals surface area contributed by atoms with Crippen LogP contribution in [-0.4, -0.2) is 9.55 Å². The van der Waals surface area contributed by atoms with Gasteiger partial charge in [0.05, 0.1) is 11.1 Å². The molecule has 0 spiro atoms. The normalized spacial score (nSPS) is 17.4. The van der Waals surface area contributed by atoms with Crippen LogP contribution in [0.3, 0.4) is 0 Å². The van der Waals surface area contributed by atoms with Crippen molar-refractivity contribution in [1.29, 1.82) is 0 Å². The number of aryl methyl sites for hydroxylation is 2. The fraction of sp³-hybridized carbons (Fsp3) is 0.333. The van der Waals surface area contributed by atoms with E-state index in [4.69, 9.17) is 0 Å². The summed E-state index contributed by atoms with van der Waals surface area (Å²) in [5.41, 5.74) is 2.30. The number of hydrogen-bond acceptors (Lipinski definition) is 3. The summed E-state index contributed by atoms with van der Waals surface area (Å²) in [6, 6.07) is 7.46. The van der Waals surface area contributed by atoms with E-state index in [9.17, 15) is 9.59 Å². The van der Waals surface area contributed by atoms with Gasteiger partial charge in [0.2, 0.25) is 0 Å². The summed E-state index contributed by atoms with van der Waals surface area (Å²) in [4.78, 5) is 30.3. The van der Waals surface area contributed by atoms with Gasteiger partial charge in [-0.25, -0.2) is 9.36 Å². The Morgan fingerprint density at radius 2 is 1.96 bits per heavy atom. The molecule has 4 rings (SSSR count). The van der Waals surface area contributed by atoms with Gasteiger partial charge < -0.3 is 0 Å². The lowest BCUT2D eigenvalue weighted by Gasteiger charge is -2.17. The second-order valence-electron chi connectivity index (χ2n) is 6.46. The number of fused-ring (bicyclic) bond motifs is 3. The molecule has 0 fully saturated rings. The highest BCUT2D eigenvalue weighted by Gasteiger charge is 2.23. The van der Waals surface area contributed by atoms with Crippen LogP contribution >= 0.6 is 11.3 Å². The largest absolute Gasteiger partial charge is 0.334 e. The van der Waals surface area contributed by atoms with Gasteiger partial charge in [0, 0.05) is 4.88 Å². The molecule has 0 unspecified atom stereocenters. The fourth-order valence-corrected chi connectivity index (χ4v) is 4.74. The number of rotatable bonds is 1.